The number of carboxylic acids is 1. The molecule has 0 aliphatic heterocycles. The van der Waals surface area contributed by atoms with Gasteiger partial charge < -0.3 is 15.2 Å². The van der Waals surface area contributed by atoms with E-state index in [2.05, 4.69) is 5.32 Å². The van der Waals surface area contributed by atoms with E-state index < -0.39 is 17.3 Å². The highest BCUT2D eigenvalue weighted by Crippen LogP contribution is 2.42. The van der Waals surface area contributed by atoms with E-state index >= 15 is 0 Å². The summed E-state index contributed by atoms with van der Waals surface area (Å²) >= 11 is 0. The molecule has 1 aromatic rings. The van der Waals surface area contributed by atoms with Crippen molar-refractivity contribution in [1.82, 2.24) is 0 Å². The molecule has 0 unspecified atom stereocenters. The predicted octanol–water partition coefficient (Wildman–Crippen LogP) is 1.89. The lowest BCUT2D eigenvalue weighted by Crippen LogP contribution is -2.48. The third-order valence-electron chi connectivity index (χ3n) is 3.41. The number of amides is 1. The molecule has 5 nitrogen and oxygen atoms in total. The largest absolute Gasteiger partial charge is 0.495 e. The summed E-state index contributed by atoms with van der Waals surface area (Å²) in [6.45, 7) is 0. The minimum Gasteiger partial charge on any atom is -0.495 e. The summed E-state index contributed by atoms with van der Waals surface area (Å²) in [5.41, 5.74) is -0.765. The summed E-state index contributed by atoms with van der Waals surface area (Å²) in [6, 6.07) is 6.94. The van der Waals surface area contributed by atoms with Gasteiger partial charge in [-0.25, -0.2) is 0 Å². The normalized spacial score (nSPS) is 16.5. The molecule has 0 atom stereocenters. The topological polar surface area (TPSA) is 75.6 Å². The van der Waals surface area contributed by atoms with Gasteiger partial charge in [0.05, 0.1) is 12.8 Å². The monoisotopic (exact) mass is 249 g/mol. The zero-order valence-electron chi connectivity index (χ0n) is 10.1. The van der Waals surface area contributed by atoms with Crippen molar-refractivity contribution in [3.63, 3.8) is 0 Å². The van der Waals surface area contributed by atoms with Crippen LogP contribution in [0.2, 0.25) is 0 Å². The second kappa shape index (κ2) is 4.68. The molecular formula is C13H15NO4. The summed E-state index contributed by atoms with van der Waals surface area (Å²) in [6.07, 6.45) is 1.55. The SMILES string of the molecule is COc1ccccc1NC(=O)C1(C(=O)O)CCC1. The van der Waals surface area contributed by atoms with E-state index in [4.69, 9.17) is 9.84 Å². The molecule has 1 amide bonds. The number of carboxylic acid groups (broad SMARTS) is 1. The number of para-hydroxylation sites is 2. The van der Waals surface area contributed by atoms with Crippen molar-refractivity contribution in [2.45, 2.75) is 19.3 Å². The molecule has 0 heterocycles. The van der Waals surface area contributed by atoms with Gasteiger partial charge in [-0.2, -0.15) is 0 Å². The quantitative estimate of drug-likeness (QED) is 0.799. The fourth-order valence-electron chi connectivity index (χ4n) is 2.06. The fourth-order valence-corrected chi connectivity index (χ4v) is 2.06. The van der Waals surface area contributed by atoms with Gasteiger partial charge in [-0.1, -0.05) is 18.6 Å². The Morgan fingerprint density at radius 2 is 2.00 bits per heavy atom. The minimum absolute atomic E-state index is 0.392. The third-order valence-corrected chi connectivity index (χ3v) is 3.41. The number of benzene rings is 1. The number of carbonyl (C=O) groups excluding carboxylic acids is 1. The maximum Gasteiger partial charge on any atom is 0.319 e. The molecule has 1 aliphatic rings. The highest BCUT2D eigenvalue weighted by atomic mass is 16.5. The molecule has 96 valence electrons. The summed E-state index contributed by atoms with van der Waals surface area (Å²) in [5, 5.41) is 11.8. The van der Waals surface area contributed by atoms with E-state index in [1.54, 1.807) is 24.3 Å². The molecule has 0 spiro atoms. The molecule has 0 bridgehead atoms. The number of ether oxygens (including phenoxy) is 1. The summed E-state index contributed by atoms with van der Waals surface area (Å²) in [5.74, 6) is -1.00. The second-order valence-corrected chi connectivity index (χ2v) is 4.40. The molecule has 1 aliphatic carbocycles. The molecule has 1 fully saturated rings. The van der Waals surface area contributed by atoms with Crippen LogP contribution in [0.4, 0.5) is 5.69 Å². The average molecular weight is 249 g/mol. The first-order valence-corrected chi connectivity index (χ1v) is 5.78. The van der Waals surface area contributed by atoms with E-state index in [0.717, 1.165) is 6.42 Å². The first-order chi connectivity index (χ1) is 8.60. The van der Waals surface area contributed by atoms with Gasteiger partial charge in [0.15, 0.2) is 0 Å². The van der Waals surface area contributed by atoms with Gasteiger partial charge in [-0.15, -0.1) is 0 Å². The number of hydrogen-bond acceptors (Lipinski definition) is 3. The van der Waals surface area contributed by atoms with Crippen molar-refractivity contribution in [2.75, 3.05) is 12.4 Å². The first-order valence-electron chi connectivity index (χ1n) is 5.78. The van der Waals surface area contributed by atoms with Gasteiger partial charge in [0.1, 0.15) is 11.2 Å². The molecule has 2 rings (SSSR count). The third kappa shape index (κ3) is 1.92. The van der Waals surface area contributed by atoms with Crippen molar-refractivity contribution in [2.24, 2.45) is 5.41 Å². The molecule has 0 aromatic heterocycles. The van der Waals surface area contributed by atoms with Crippen LogP contribution < -0.4 is 10.1 Å². The van der Waals surface area contributed by atoms with Gasteiger partial charge >= 0.3 is 5.97 Å². The van der Waals surface area contributed by atoms with Gasteiger partial charge in [0, 0.05) is 0 Å². The van der Waals surface area contributed by atoms with Gasteiger partial charge in [-0.3, -0.25) is 9.59 Å². The Morgan fingerprint density at radius 3 is 2.50 bits per heavy atom. The molecule has 0 saturated heterocycles. The minimum atomic E-state index is -1.26. The van der Waals surface area contributed by atoms with Crippen LogP contribution in [-0.2, 0) is 9.59 Å². The number of aliphatic carboxylic acids is 1. The zero-order valence-corrected chi connectivity index (χ0v) is 10.1. The highest BCUT2D eigenvalue weighted by Gasteiger charge is 2.51. The average Bonchev–Trinajstić information content (AvgIpc) is 2.27. The molecule has 2 N–H and O–H groups in total. The Labute approximate surface area is 105 Å². The van der Waals surface area contributed by atoms with Crippen molar-refractivity contribution in [3.8, 4) is 5.75 Å². The molecular weight excluding hydrogens is 234 g/mol. The van der Waals surface area contributed by atoms with Crippen LogP contribution in [-0.4, -0.2) is 24.1 Å². The summed E-state index contributed by atoms with van der Waals surface area (Å²) in [4.78, 5) is 23.3. The molecule has 5 heteroatoms. The van der Waals surface area contributed by atoms with E-state index in [1.165, 1.54) is 7.11 Å². The Bertz CT molecular complexity index is 480. The Kier molecular flexibility index (Phi) is 3.23. The maximum atomic E-state index is 12.1. The molecule has 1 aromatic carbocycles. The Balaban J connectivity index is 2.19. The van der Waals surface area contributed by atoms with Crippen LogP contribution >= 0.6 is 0 Å². The summed E-state index contributed by atoms with van der Waals surface area (Å²) in [7, 11) is 1.50. The highest BCUT2D eigenvalue weighted by molar-refractivity contribution is 6.09. The second-order valence-electron chi connectivity index (χ2n) is 4.40. The first kappa shape index (κ1) is 12.4. The van der Waals surface area contributed by atoms with E-state index in [-0.39, 0.29) is 0 Å². The van der Waals surface area contributed by atoms with Crippen LogP contribution in [0.1, 0.15) is 19.3 Å². The standard InChI is InChI=1S/C13H15NO4/c1-18-10-6-3-2-5-9(10)14-11(15)13(12(16)17)7-4-8-13/h2-3,5-6H,4,7-8H2,1H3,(H,14,15)(H,16,17). The smallest absolute Gasteiger partial charge is 0.319 e. The van der Waals surface area contributed by atoms with Crippen LogP contribution in [0, 0.1) is 5.41 Å². The molecule has 1 saturated carbocycles. The molecule has 18 heavy (non-hydrogen) atoms. The maximum absolute atomic E-state index is 12.1. The van der Waals surface area contributed by atoms with Crippen LogP contribution in [0.15, 0.2) is 24.3 Å². The van der Waals surface area contributed by atoms with Crippen LogP contribution in [0.5, 0.6) is 5.75 Å². The Morgan fingerprint density at radius 1 is 1.33 bits per heavy atom. The predicted molar refractivity (Wildman–Crippen MR) is 65.5 cm³/mol. The number of rotatable bonds is 4. The number of nitrogens with one attached hydrogen (secondary N) is 1. The number of carbonyl (C=O) groups is 2. The number of methoxy groups -OCH3 is 1. The van der Waals surface area contributed by atoms with Gasteiger partial charge in [-0.05, 0) is 25.0 Å². The lowest BCUT2D eigenvalue weighted by Gasteiger charge is -2.35. The van der Waals surface area contributed by atoms with Crippen molar-refractivity contribution in [1.29, 1.82) is 0 Å². The zero-order chi connectivity index (χ0) is 13.2. The summed E-state index contributed by atoms with van der Waals surface area (Å²) < 4.78 is 5.11. The van der Waals surface area contributed by atoms with Crippen molar-refractivity contribution < 1.29 is 19.4 Å². The van der Waals surface area contributed by atoms with E-state index in [1.807, 2.05) is 0 Å². The van der Waals surface area contributed by atoms with Crippen molar-refractivity contribution >= 4 is 17.6 Å². The number of hydrogen-bond donors (Lipinski definition) is 2. The Hall–Kier alpha value is -2.04. The lowest BCUT2D eigenvalue weighted by molar-refractivity contribution is -0.159. The molecule has 0 radical (unpaired) electrons. The van der Waals surface area contributed by atoms with Gasteiger partial charge in [0.2, 0.25) is 5.91 Å². The van der Waals surface area contributed by atoms with Crippen LogP contribution in [0.3, 0.4) is 0 Å². The number of anilines is 1. The van der Waals surface area contributed by atoms with E-state index in [0.29, 0.717) is 24.3 Å². The lowest BCUT2D eigenvalue weighted by atomic mass is 9.68. The van der Waals surface area contributed by atoms with E-state index in [9.17, 15) is 9.59 Å². The fraction of sp³-hybridized carbons (Fsp3) is 0.385. The van der Waals surface area contributed by atoms with Gasteiger partial charge in [0.25, 0.3) is 0 Å². The van der Waals surface area contributed by atoms with Crippen molar-refractivity contribution in [3.05, 3.63) is 24.3 Å². The van der Waals surface area contributed by atoms with Crippen LogP contribution in [0.25, 0.3) is 0 Å².